The number of oxime groups is 1. The van der Waals surface area contributed by atoms with Crippen LogP contribution in [0.15, 0.2) is 59.8 Å². The summed E-state index contributed by atoms with van der Waals surface area (Å²) in [5.41, 5.74) is 4.36. The molecule has 2 aromatic rings. The monoisotopic (exact) mass is 338 g/mol. The van der Waals surface area contributed by atoms with Crippen molar-refractivity contribution < 1.29 is 19.5 Å². The summed E-state index contributed by atoms with van der Waals surface area (Å²) >= 11 is 0. The topological polar surface area (TPSA) is 80.2 Å². The van der Waals surface area contributed by atoms with E-state index in [4.69, 9.17) is 9.47 Å². The van der Waals surface area contributed by atoms with Gasteiger partial charge in [0.2, 0.25) is 0 Å². The fourth-order valence-corrected chi connectivity index (χ4v) is 2.70. The van der Waals surface area contributed by atoms with Gasteiger partial charge in [0.15, 0.2) is 0 Å². The number of fused-ring (bicyclic) bond motifs is 3. The Morgan fingerprint density at radius 2 is 1.80 bits per heavy atom. The van der Waals surface area contributed by atoms with Gasteiger partial charge in [-0.15, -0.1) is 0 Å². The molecule has 0 saturated heterocycles. The molecule has 2 N–H and O–H groups in total. The largest absolute Gasteiger partial charge is 0.490 e. The summed E-state index contributed by atoms with van der Waals surface area (Å²) in [7, 11) is 1.51. The van der Waals surface area contributed by atoms with Crippen molar-refractivity contribution in [1.82, 2.24) is 5.32 Å². The van der Waals surface area contributed by atoms with E-state index in [9.17, 15) is 10.0 Å². The third-order valence-electron chi connectivity index (χ3n) is 3.85. The molecule has 3 rings (SSSR count). The minimum absolute atomic E-state index is 0.184. The lowest BCUT2D eigenvalue weighted by atomic mass is 10.1. The highest BCUT2D eigenvalue weighted by molar-refractivity contribution is 6.24. The van der Waals surface area contributed by atoms with Gasteiger partial charge in [-0.2, -0.15) is 0 Å². The first-order chi connectivity index (χ1) is 12.2. The van der Waals surface area contributed by atoms with E-state index in [0.29, 0.717) is 18.1 Å². The second-order valence-electron chi connectivity index (χ2n) is 5.33. The van der Waals surface area contributed by atoms with Crippen LogP contribution in [0.25, 0.3) is 11.1 Å². The maximum Gasteiger partial charge on any atom is 0.407 e. The first-order valence-electron chi connectivity index (χ1n) is 7.83. The molecule has 0 spiro atoms. The average Bonchev–Trinajstić information content (AvgIpc) is 2.97. The van der Waals surface area contributed by atoms with Gasteiger partial charge < -0.3 is 20.0 Å². The van der Waals surface area contributed by atoms with E-state index in [0.717, 1.165) is 22.3 Å². The molecular weight excluding hydrogens is 320 g/mol. The van der Waals surface area contributed by atoms with Gasteiger partial charge in [0.1, 0.15) is 24.7 Å². The molecule has 1 amide bonds. The van der Waals surface area contributed by atoms with Crippen LogP contribution in [0.5, 0.6) is 5.75 Å². The van der Waals surface area contributed by atoms with Gasteiger partial charge in [0, 0.05) is 18.2 Å². The van der Waals surface area contributed by atoms with Crippen LogP contribution >= 0.6 is 0 Å². The van der Waals surface area contributed by atoms with Crippen LogP contribution in [-0.2, 0) is 4.74 Å². The maximum absolute atomic E-state index is 10.9. The zero-order valence-corrected chi connectivity index (χ0v) is 13.7. The van der Waals surface area contributed by atoms with Crippen molar-refractivity contribution in [2.45, 2.75) is 0 Å². The SMILES string of the molecule is CNC(=O)OC/C=C\COc1ccc2c(c1)/C(=N/O)c1ccccc1-2. The predicted molar refractivity (Wildman–Crippen MR) is 94.3 cm³/mol. The fraction of sp³-hybridized carbons (Fsp3) is 0.158. The number of hydrogen-bond acceptors (Lipinski definition) is 5. The number of benzene rings is 2. The molecule has 128 valence electrons. The molecule has 6 heteroatoms. The van der Waals surface area contributed by atoms with Gasteiger partial charge in [-0.25, -0.2) is 4.79 Å². The van der Waals surface area contributed by atoms with Gasteiger partial charge in [0.05, 0.1) is 0 Å². The number of nitrogens with zero attached hydrogens (tertiary/aromatic N) is 1. The molecule has 1 aliphatic carbocycles. The minimum atomic E-state index is -0.473. The number of carbonyl (C=O) groups is 1. The van der Waals surface area contributed by atoms with Crippen LogP contribution in [-0.4, -0.2) is 37.3 Å². The third-order valence-corrected chi connectivity index (χ3v) is 3.85. The Kier molecular flexibility index (Phi) is 4.99. The van der Waals surface area contributed by atoms with Gasteiger partial charge >= 0.3 is 6.09 Å². The zero-order chi connectivity index (χ0) is 17.6. The van der Waals surface area contributed by atoms with Gasteiger partial charge in [0.25, 0.3) is 0 Å². The summed E-state index contributed by atoms with van der Waals surface area (Å²) in [5, 5.41) is 15.2. The van der Waals surface area contributed by atoms with Crippen LogP contribution in [0.3, 0.4) is 0 Å². The number of hydrogen-bond donors (Lipinski definition) is 2. The van der Waals surface area contributed by atoms with Crippen LogP contribution < -0.4 is 10.1 Å². The molecule has 0 radical (unpaired) electrons. The molecule has 0 unspecified atom stereocenters. The Hall–Kier alpha value is -3.28. The first kappa shape index (κ1) is 16.6. The quantitative estimate of drug-likeness (QED) is 0.425. The molecule has 2 aromatic carbocycles. The lowest BCUT2D eigenvalue weighted by Crippen LogP contribution is -2.19. The normalized spacial score (nSPS) is 13.6. The molecular formula is C19H18N2O4. The van der Waals surface area contributed by atoms with Crippen molar-refractivity contribution in [2.24, 2.45) is 5.16 Å². The van der Waals surface area contributed by atoms with E-state index in [-0.39, 0.29) is 6.61 Å². The van der Waals surface area contributed by atoms with E-state index in [1.54, 1.807) is 12.2 Å². The van der Waals surface area contributed by atoms with E-state index in [1.807, 2.05) is 42.5 Å². The summed E-state index contributed by atoms with van der Waals surface area (Å²) in [6.45, 7) is 0.526. The molecule has 0 fully saturated rings. The zero-order valence-electron chi connectivity index (χ0n) is 13.7. The van der Waals surface area contributed by atoms with Crippen LogP contribution in [0.2, 0.25) is 0 Å². The van der Waals surface area contributed by atoms with Crippen molar-refractivity contribution in [3.8, 4) is 16.9 Å². The van der Waals surface area contributed by atoms with Crippen molar-refractivity contribution in [2.75, 3.05) is 20.3 Å². The van der Waals surface area contributed by atoms with E-state index >= 15 is 0 Å². The van der Waals surface area contributed by atoms with Gasteiger partial charge in [-0.1, -0.05) is 29.4 Å². The average molecular weight is 338 g/mol. The van der Waals surface area contributed by atoms with Crippen molar-refractivity contribution in [3.63, 3.8) is 0 Å². The first-order valence-corrected chi connectivity index (χ1v) is 7.83. The lowest BCUT2D eigenvalue weighted by molar-refractivity contribution is 0.160. The van der Waals surface area contributed by atoms with E-state index < -0.39 is 6.09 Å². The van der Waals surface area contributed by atoms with Crippen molar-refractivity contribution >= 4 is 11.8 Å². The van der Waals surface area contributed by atoms with E-state index in [2.05, 4.69) is 10.5 Å². The predicted octanol–water partition coefficient (Wildman–Crippen LogP) is 3.18. The Morgan fingerprint density at radius 1 is 1.08 bits per heavy atom. The summed E-state index contributed by atoms with van der Waals surface area (Å²) in [6, 6.07) is 13.5. The summed E-state index contributed by atoms with van der Waals surface area (Å²) < 4.78 is 10.5. The molecule has 0 bridgehead atoms. The van der Waals surface area contributed by atoms with Crippen LogP contribution in [0.1, 0.15) is 11.1 Å². The van der Waals surface area contributed by atoms with Crippen LogP contribution in [0, 0.1) is 0 Å². The summed E-state index contributed by atoms with van der Waals surface area (Å²) in [5.74, 6) is 0.671. The van der Waals surface area contributed by atoms with Crippen molar-refractivity contribution in [3.05, 3.63) is 65.7 Å². The fourth-order valence-electron chi connectivity index (χ4n) is 2.70. The molecule has 0 saturated carbocycles. The number of amides is 1. The molecule has 6 nitrogen and oxygen atoms in total. The molecule has 0 heterocycles. The Labute approximate surface area is 145 Å². The lowest BCUT2D eigenvalue weighted by Gasteiger charge is -2.06. The highest BCUT2D eigenvalue weighted by atomic mass is 16.5. The van der Waals surface area contributed by atoms with Gasteiger partial charge in [-0.05, 0) is 41.5 Å². The van der Waals surface area contributed by atoms with Crippen LogP contribution in [0.4, 0.5) is 4.79 Å². The molecule has 25 heavy (non-hydrogen) atoms. The van der Waals surface area contributed by atoms with E-state index in [1.165, 1.54) is 7.05 Å². The van der Waals surface area contributed by atoms with Gasteiger partial charge in [-0.3, -0.25) is 0 Å². The number of carbonyl (C=O) groups excluding carboxylic acids is 1. The third kappa shape index (κ3) is 3.47. The second-order valence-corrected chi connectivity index (χ2v) is 5.33. The number of rotatable bonds is 5. The Balaban J connectivity index is 1.66. The van der Waals surface area contributed by atoms with Crippen molar-refractivity contribution in [1.29, 1.82) is 0 Å². The number of nitrogens with one attached hydrogen (secondary N) is 1. The molecule has 0 atom stereocenters. The minimum Gasteiger partial charge on any atom is -0.490 e. The number of ether oxygens (including phenoxy) is 2. The second kappa shape index (κ2) is 7.53. The number of alkyl carbamates (subject to hydrolysis) is 1. The Morgan fingerprint density at radius 3 is 2.56 bits per heavy atom. The maximum atomic E-state index is 10.9. The highest BCUT2D eigenvalue weighted by Crippen LogP contribution is 2.38. The smallest absolute Gasteiger partial charge is 0.407 e. The summed E-state index contributed by atoms with van der Waals surface area (Å²) in [6.07, 6.45) is 3.00. The molecule has 0 aromatic heterocycles. The Bertz CT molecular complexity index is 843. The molecule has 1 aliphatic rings. The summed E-state index contributed by atoms with van der Waals surface area (Å²) in [4.78, 5) is 10.9. The standard InChI is InChI=1S/C19H18N2O4/c1-20-19(22)25-11-5-4-10-24-13-8-9-15-14-6-2-3-7-16(14)18(21-23)17(15)12-13/h2-9,12,23H,10-11H2,1H3,(H,20,22)/b5-4-,21-18+. The molecule has 0 aliphatic heterocycles. The highest BCUT2D eigenvalue weighted by Gasteiger charge is 2.25.